The number of rotatable bonds is 6. The first-order valence-electron chi connectivity index (χ1n) is 6.31. The van der Waals surface area contributed by atoms with Gasteiger partial charge in [0.05, 0.1) is 7.11 Å². The van der Waals surface area contributed by atoms with Crippen LogP contribution in [0.3, 0.4) is 0 Å². The number of methoxy groups -OCH3 is 1. The Kier molecular flexibility index (Phi) is 6.20. The Balaban J connectivity index is 2.58. The SMILES string of the molecule is C=C(C)C(=O)OC(C)Oc1ccc(/C=C/C(=O)OC)cc1. The van der Waals surface area contributed by atoms with Crippen molar-refractivity contribution in [2.75, 3.05) is 7.11 Å². The maximum Gasteiger partial charge on any atom is 0.336 e. The summed E-state index contributed by atoms with van der Waals surface area (Å²) < 4.78 is 14.9. The van der Waals surface area contributed by atoms with Gasteiger partial charge in [-0.1, -0.05) is 18.7 Å². The van der Waals surface area contributed by atoms with Crippen molar-refractivity contribution in [1.82, 2.24) is 0 Å². The van der Waals surface area contributed by atoms with Gasteiger partial charge in [-0.2, -0.15) is 0 Å². The molecule has 1 aromatic rings. The summed E-state index contributed by atoms with van der Waals surface area (Å²) in [6.07, 6.45) is 2.23. The molecule has 1 unspecified atom stereocenters. The van der Waals surface area contributed by atoms with E-state index < -0.39 is 18.2 Å². The highest BCUT2D eigenvalue weighted by molar-refractivity contribution is 5.87. The lowest BCUT2D eigenvalue weighted by molar-refractivity contribution is -0.156. The Morgan fingerprint density at radius 3 is 2.38 bits per heavy atom. The van der Waals surface area contributed by atoms with Crippen molar-refractivity contribution in [3.05, 3.63) is 48.1 Å². The summed E-state index contributed by atoms with van der Waals surface area (Å²) in [7, 11) is 1.32. The number of carbonyl (C=O) groups excluding carboxylic acids is 2. The molecule has 5 nitrogen and oxygen atoms in total. The summed E-state index contributed by atoms with van der Waals surface area (Å²) in [5.74, 6) is -0.372. The molecule has 0 heterocycles. The molecular formula is C16H18O5. The van der Waals surface area contributed by atoms with Crippen LogP contribution in [0, 0.1) is 0 Å². The zero-order chi connectivity index (χ0) is 15.8. The van der Waals surface area contributed by atoms with Crippen LogP contribution in [-0.2, 0) is 19.1 Å². The molecule has 0 aromatic heterocycles. The molecular weight excluding hydrogens is 272 g/mol. The molecule has 0 fully saturated rings. The highest BCUT2D eigenvalue weighted by Crippen LogP contribution is 2.15. The Bertz CT molecular complexity index is 542. The van der Waals surface area contributed by atoms with E-state index >= 15 is 0 Å². The van der Waals surface area contributed by atoms with Gasteiger partial charge in [-0.3, -0.25) is 0 Å². The summed E-state index contributed by atoms with van der Waals surface area (Å²) in [6.45, 7) is 6.68. The Morgan fingerprint density at radius 1 is 1.24 bits per heavy atom. The van der Waals surface area contributed by atoms with Gasteiger partial charge in [0, 0.05) is 18.6 Å². The van der Waals surface area contributed by atoms with Crippen molar-refractivity contribution in [1.29, 1.82) is 0 Å². The Morgan fingerprint density at radius 2 is 1.86 bits per heavy atom. The summed E-state index contributed by atoms with van der Waals surface area (Å²) in [5.41, 5.74) is 1.13. The number of hydrogen-bond acceptors (Lipinski definition) is 5. The average molecular weight is 290 g/mol. The molecule has 21 heavy (non-hydrogen) atoms. The normalized spacial score (nSPS) is 11.8. The van der Waals surface area contributed by atoms with Crippen LogP contribution in [0.5, 0.6) is 5.75 Å². The highest BCUT2D eigenvalue weighted by atomic mass is 16.7. The molecule has 1 atom stereocenters. The zero-order valence-electron chi connectivity index (χ0n) is 12.3. The molecule has 0 bridgehead atoms. The first-order chi connectivity index (χ1) is 9.92. The maximum atomic E-state index is 11.3. The van der Waals surface area contributed by atoms with Crippen LogP contribution in [0.4, 0.5) is 0 Å². The monoisotopic (exact) mass is 290 g/mol. The van der Waals surface area contributed by atoms with Crippen LogP contribution in [0.2, 0.25) is 0 Å². The second-order valence-electron chi connectivity index (χ2n) is 4.30. The molecule has 1 aromatic carbocycles. The van der Waals surface area contributed by atoms with Gasteiger partial charge in [0.2, 0.25) is 6.29 Å². The summed E-state index contributed by atoms with van der Waals surface area (Å²) in [4.78, 5) is 22.3. The van der Waals surface area contributed by atoms with Gasteiger partial charge in [-0.05, 0) is 30.7 Å². The van der Waals surface area contributed by atoms with Gasteiger partial charge in [0.25, 0.3) is 0 Å². The third-order valence-electron chi connectivity index (χ3n) is 2.42. The molecule has 0 aliphatic heterocycles. The minimum atomic E-state index is -0.717. The van der Waals surface area contributed by atoms with Gasteiger partial charge in [-0.25, -0.2) is 9.59 Å². The lowest BCUT2D eigenvalue weighted by atomic mass is 10.2. The molecule has 0 radical (unpaired) electrons. The third-order valence-corrected chi connectivity index (χ3v) is 2.42. The van der Waals surface area contributed by atoms with Gasteiger partial charge < -0.3 is 14.2 Å². The fraction of sp³-hybridized carbons (Fsp3) is 0.250. The lowest BCUT2D eigenvalue weighted by Gasteiger charge is -2.15. The van der Waals surface area contributed by atoms with E-state index in [1.54, 1.807) is 44.2 Å². The lowest BCUT2D eigenvalue weighted by Crippen LogP contribution is -2.21. The second-order valence-corrected chi connectivity index (χ2v) is 4.30. The van der Waals surface area contributed by atoms with Crippen LogP contribution in [0.15, 0.2) is 42.5 Å². The molecule has 0 N–H and O–H groups in total. The number of benzene rings is 1. The molecule has 1 rings (SSSR count). The standard InChI is InChI=1S/C16H18O5/c1-11(2)16(18)21-12(3)20-14-8-5-13(6-9-14)7-10-15(17)19-4/h5-10,12H,1H2,2-4H3/b10-7+. The van der Waals surface area contributed by atoms with E-state index in [1.807, 2.05) is 0 Å². The van der Waals surface area contributed by atoms with Crippen LogP contribution in [0.25, 0.3) is 6.08 Å². The molecule has 0 aliphatic rings. The van der Waals surface area contributed by atoms with Crippen molar-refractivity contribution >= 4 is 18.0 Å². The molecule has 0 amide bonds. The predicted octanol–water partition coefficient (Wildman–Crippen LogP) is 2.72. The third kappa shape index (κ3) is 5.95. The number of ether oxygens (including phenoxy) is 3. The van der Waals surface area contributed by atoms with Crippen molar-refractivity contribution in [2.45, 2.75) is 20.1 Å². The van der Waals surface area contributed by atoms with Gasteiger partial charge in [0.1, 0.15) is 5.75 Å². The van der Waals surface area contributed by atoms with E-state index in [1.165, 1.54) is 13.2 Å². The van der Waals surface area contributed by atoms with E-state index in [9.17, 15) is 9.59 Å². The van der Waals surface area contributed by atoms with Crippen molar-refractivity contribution in [3.63, 3.8) is 0 Å². The molecule has 0 aliphatic carbocycles. The quantitative estimate of drug-likeness (QED) is 0.458. The number of esters is 2. The number of hydrogen-bond donors (Lipinski definition) is 0. The van der Waals surface area contributed by atoms with Crippen LogP contribution >= 0.6 is 0 Å². The first-order valence-corrected chi connectivity index (χ1v) is 6.31. The van der Waals surface area contributed by atoms with Crippen LogP contribution in [-0.4, -0.2) is 25.3 Å². The van der Waals surface area contributed by atoms with Gasteiger partial charge in [-0.15, -0.1) is 0 Å². The van der Waals surface area contributed by atoms with Crippen molar-refractivity contribution < 1.29 is 23.8 Å². The van der Waals surface area contributed by atoms with E-state index in [-0.39, 0.29) is 0 Å². The van der Waals surface area contributed by atoms with Crippen molar-refractivity contribution in [3.8, 4) is 5.75 Å². The highest BCUT2D eigenvalue weighted by Gasteiger charge is 2.10. The van der Waals surface area contributed by atoms with Gasteiger partial charge in [0.15, 0.2) is 0 Å². The topological polar surface area (TPSA) is 61.8 Å². The average Bonchev–Trinajstić information content (AvgIpc) is 2.45. The maximum absolute atomic E-state index is 11.3. The Labute approximate surface area is 123 Å². The molecule has 0 saturated carbocycles. The van der Waals surface area contributed by atoms with Crippen LogP contribution < -0.4 is 4.74 Å². The van der Waals surface area contributed by atoms with E-state index in [2.05, 4.69) is 11.3 Å². The summed E-state index contributed by atoms with van der Waals surface area (Å²) in [5, 5.41) is 0. The molecule has 0 saturated heterocycles. The fourth-order valence-corrected chi connectivity index (χ4v) is 1.36. The summed E-state index contributed by atoms with van der Waals surface area (Å²) in [6, 6.07) is 6.95. The largest absolute Gasteiger partial charge is 0.466 e. The Hall–Kier alpha value is -2.56. The molecule has 0 spiro atoms. The molecule has 5 heteroatoms. The van der Waals surface area contributed by atoms with Gasteiger partial charge >= 0.3 is 11.9 Å². The second kappa shape index (κ2) is 7.89. The number of carbonyl (C=O) groups is 2. The summed E-state index contributed by atoms with van der Waals surface area (Å²) >= 11 is 0. The van der Waals surface area contributed by atoms with E-state index in [4.69, 9.17) is 9.47 Å². The van der Waals surface area contributed by atoms with Crippen molar-refractivity contribution in [2.24, 2.45) is 0 Å². The zero-order valence-corrected chi connectivity index (χ0v) is 12.3. The van der Waals surface area contributed by atoms with E-state index in [0.717, 1.165) is 5.56 Å². The predicted molar refractivity (Wildman–Crippen MR) is 78.5 cm³/mol. The first kappa shape index (κ1) is 16.5. The minimum absolute atomic E-state index is 0.314. The smallest absolute Gasteiger partial charge is 0.336 e. The minimum Gasteiger partial charge on any atom is -0.466 e. The fourth-order valence-electron chi connectivity index (χ4n) is 1.36. The van der Waals surface area contributed by atoms with E-state index in [0.29, 0.717) is 11.3 Å². The molecule has 112 valence electrons. The van der Waals surface area contributed by atoms with Crippen LogP contribution in [0.1, 0.15) is 19.4 Å².